The molecule has 0 radical (unpaired) electrons. The van der Waals surface area contributed by atoms with E-state index in [2.05, 4.69) is 241 Å². The molecule has 0 atom stereocenters. The van der Waals surface area contributed by atoms with Gasteiger partial charge in [-0.25, -0.2) is 0 Å². The molecule has 4 nitrogen and oxygen atoms in total. The zero-order valence-corrected chi connectivity index (χ0v) is 41.0. The van der Waals surface area contributed by atoms with Crippen LogP contribution >= 0.6 is 0 Å². The third-order valence-corrected chi connectivity index (χ3v) is 15.9. The Balaban J connectivity index is 1.12. The standard InChI is InChI=1S/C65H53BN2O2/c1-63(2,3)40-26-29-42(30-27-40)67-51-31-28-41(64(4,5)6)34-49(51)66-61-54(67)32-39(38-18-10-9-11-19-38)33-57(61)70-58-37-53(60-59(62(58)66)45-22-12-15-23-48(45)65(60,7)8)68-50-24-16-13-20-43(50)46-36-56-47(35-52(46)68)44-21-14-17-25-55(44)69-56/h9-37H,1-8H3. The van der Waals surface area contributed by atoms with Gasteiger partial charge in [0.1, 0.15) is 22.7 Å². The highest BCUT2D eigenvalue weighted by Crippen LogP contribution is 2.55. The van der Waals surface area contributed by atoms with Gasteiger partial charge in [0.2, 0.25) is 0 Å². The van der Waals surface area contributed by atoms with E-state index in [4.69, 9.17) is 9.15 Å². The van der Waals surface area contributed by atoms with E-state index in [1.165, 1.54) is 60.8 Å². The molecule has 9 aromatic carbocycles. The topological polar surface area (TPSA) is 30.5 Å². The molecule has 0 spiro atoms. The summed E-state index contributed by atoms with van der Waals surface area (Å²) >= 11 is 0. The van der Waals surface area contributed by atoms with Crippen LogP contribution < -0.4 is 26.0 Å². The number of fused-ring (bicyclic) bond motifs is 14. The van der Waals surface area contributed by atoms with Gasteiger partial charge in [-0.05, 0) is 126 Å². The van der Waals surface area contributed by atoms with Gasteiger partial charge < -0.3 is 18.6 Å². The van der Waals surface area contributed by atoms with Crippen LogP contribution in [0.3, 0.4) is 0 Å². The summed E-state index contributed by atoms with van der Waals surface area (Å²) in [6.45, 7) is 18.6. The van der Waals surface area contributed by atoms with Crippen molar-refractivity contribution in [1.82, 2.24) is 4.57 Å². The van der Waals surface area contributed by atoms with Crippen molar-refractivity contribution in [1.29, 1.82) is 0 Å². The van der Waals surface area contributed by atoms with Gasteiger partial charge in [0.15, 0.2) is 0 Å². The average Bonchev–Trinajstić information content (AvgIpc) is 3.97. The van der Waals surface area contributed by atoms with E-state index in [9.17, 15) is 0 Å². The van der Waals surface area contributed by atoms with E-state index in [1.54, 1.807) is 0 Å². The number of hydrogen-bond acceptors (Lipinski definition) is 3. The monoisotopic (exact) mass is 904 g/mol. The molecule has 3 aliphatic rings. The zero-order valence-electron chi connectivity index (χ0n) is 41.0. The van der Waals surface area contributed by atoms with Crippen LogP contribution in [0.15, 0.2) is 180 Å². The van der Waals surface area contributed by atoms with Gasteiger partial charge in [-0.1, -0.05) is 171 Å². The van der Waals surface area contributed by atoms with Crippen molar-refractivity contribution in [3.8, 4) is 39.4 Å². The summed E-state index contributed by atoms with van der Waals surface area (Å²) < 4.78 is 16.7. The van der Waals surface area contributed by atoms with Crippen molar-refractivity contribution in [2.24, 2.45) is 0 Å². The quantitative estimate of drug-likeness (QED) is 0.166. The van der Waals surface area contributed by atoms with Crippen LogP contribution in [0, 0.1) is 0 Å². The first-order valence-electron chi connectivity index (χ1n) is 24.9. The first kappa shape index (κ1) is 41.2. The molecule has 2 aliphatic heterocycles. The Labute approximate surface area is 409 Å². The lowest BCUT2D eigenvalue weighted by Crippen LogP contribution is -2.60. The van der Waals surface area contributed by atoms with Gasteiger partial charge in [0, 0.05) is 50.1 Å². The summed E-state index contributed by atoms with van der Waals surface area (Å²) in [5.74, 6) is 1.79. The third-order valence-electron chi connectivity index (χ3n) is 15.9. The van der Waals surface area contributed by atoms with Gasteiger partial charge in [-0.3, -0.25) is 0 Å². The maximum Gasteiger partial charge on any atom is 0.257 e. The van der Waals surface area contributed by atoms with Crippen LogP contribution in [0.1, 0.15) is 77.6 Å². The van der Waals surface area contributed by atoms with Crippen LogP contribution in [-0.4, -0.2) is 11.3 Å². The first-order chi connectivity index (χ1) is 33.7. The predicted molar refractivity (Wildman–Crippen MR) is 294 cm³/mol. The van der Waals surface area contributed by atoms with Crippen LogP contribution in [0.4, 0.5) is 17.1 Å². The van der Waals surface area contributed by atoms with Crippen molar-refractivity contribution < 1.29 is 9.15 Å². The lowest BCUT2D eigenvalue weighted by molar-refractivity contribution is 0.487. The number of anilines is 3. The fourth-order valence-electron chi connectivity index (χ4n) is 12.5. The number of rotatable bonds is 3. The van der Waals surface area contributed by atoms with Crippen molar-refractivity contribution >= 4 is 83.9 Å². The maximum absolute atomic E-state index is 7.68. The summed E-state index contributed by atoms with van der Waals surface area (Å²) in [4.78, 5) is 2.51. The van der Waals surface area contributed by atoms with Gasteiger partial charge in [0.25, 0.3) is 6.71 Å². The Kier molecular flexibility index (Phi) is 8.35. The van der Waals surface area contributed by atoms with Crippen molar-refractivity contribution in [2.45, 2.75) is 71.6 Å². The molecule has 5 heteroatoms. The number of ether oxygens (including phenoxy) is 1. The minimum absolute atomic E-state index is 0.0252. The fraction of sp³-hybridized carbons (Fsp3) is 0.169. The Morgan fingerprint density at radius 1 is 0.486 bits per heavy atom. The Morgan fingerprint density at radius 2 is 1.17 bits per heavy atom. The van der Waals surface area contributed by atoms with Crippen molar-refractivity contribution in [3.63, 3.8) is 0 Å². The van der Waals surface area contributed by atoms with Gasteiger partial charge in [-0.15, -0.1) is 0 Å². The van der Waals surface area contributed by atoms with Crippen molar-refractivity contribution in [3.05, 3.63) is 198 Å². The molecule has 14 rings (SSSR count). The van der Waals surface area contributed by atoms with E-state index < -0.39 is 0 Å². The molecule has 0 amide bonds. The SMILES string of the molecule is CC(C)(C)c1ccc(N2c3ccc(C(C)(C)C)cc3B3c4c(cc(-c5ccccc5)cc42)Oc2cc(-n4c5ccccc5c5cc6oc7ccccc7c6cc54)c4c(c23)-c2ccccc2C4(C)C)cc1. The van der Waals surface area contributed by atoms with Crippen LogP contribution in [0.2, 0.25) is 0 Å². The number of aromatic nitrogens is 1. The van der Waals surface area contributed by atoms with E-state index in [0.717, 1.165) is 78.0 Å². The third kappa shape index (κ3) is 5.72. The van der Waals surface area contributed by atoms with Crippen LogP contribution in [-0.2, 0) is 16.2 Å². The molecule has 0 fully saturated rings. The minimum Gasteiger partial charge on any atom is -0.458 e. The number of para-hydroxylation sites is 2. The highest BCUT2D eigenvalue weighted by atomic mass is 16.5. The molecular weight excluding hydrogens is 852 g/mol. The lowest BCUT2D eigenvalue weighted by atomic mass is 9.33. The lowest BCUT2D eigenvalue weighted by Gasteiger charge is -2.42. The predicted octanol–water partition coefficient (Wildman–Crippen LogP) is 15.7. The molecule has 0 bridgehead atoms. The highest BCUT2D eigenvalue weighted by molar-refractivity contribution is 7.00. The van der Waals surface area contributed by atoms with Gasteiger partial charge >= 0.3 is 0 Å². The maximum atomic E-state index is 7.68. The number of furan rings is 1. The molecule has 4 heterocycles. The summed E-state index contributed by atoms with van der Waals surface area (Å²) in [7, 11) is 0. The van der Waals surface area contributed by atoms with Gasteiger partial charge in [0.05, 0.1) is 16.7 Å². The van der Waals surface area contributed by atoms with Crippen LogP contribution in [0.25, 0.3) is 71.7 Å². The van der Waals surface area contributed by atoms with E-state index >= 15 is 0 Å². The minimum atomic E-state index is -0.355. The average molecular weight is 905 g/mol. The van der Waals surface area contributed by atoms with Gasteiger partial charge in [-0.2, -0.15) is 0 Å². The molecule has 11 aromatic rings. The second kappa shape index (κ2) is 14.2. The Hall–Kier alpha value is -7.76. The summed E-state index contributed by atoms with van der Waals surface area (Å²) in [6, 6.07) is 65.4. The normalized spacial score (nSPS) is 14.5. The Bertz CT molecular complexity index is 4030. The summed E-state index contributed by atoms with van der Waals surface area (Å²) in [5, 5.41) is 4.59. The van der Waals surface area contributed by atoms with Crippen molar-refractivity contribution in [2.75, 3.05) is 4.90 Å². The molecule has 0 unspecified atom stereocenters. The molecule has 0 N–H and O–H groups in total. The fourth-order valence-corrected chi connectivity index (χ4v) is 12.5. The highest BCUT2D eigenvalue weighted by Gasteiger charge is 2.49. The second-order valence-electron chi connectivity index (χ2n) is 22.5. The van der Waals surface area contributed by atoms with Crippen LogP contribution in [0.5, 0.6) is 11.5 Å². The molecule has 338 valence electrons. The molecule has 0 saturated carbocycles. The molecule has 70 heavy (non-hydrogen) atoms. The number of hydrogen-bond donors (Lipinski definition) is 0. The number of benzene rings is 9. The zero-order chi connectivity index (χ0) is 47.6. The Morgan fingerprint density at radius 3 is 1.96 bits per heavy atom. The first-order valence-corrected chi connectivity index (χ1v) is 24.9. The smallest absolute Gasteiger partial charge is 0.257 e. The number of nitrogens with zero attached hydrogens (tertiary/aromatic N) is 2. The van der Waals surface area contributed by atoms with E-state index in [0.29, 0.717) is 0 Å². The molecule has 2 aromatic heterocycles. The summed E-state index contributed by atoms with van der Waals surface area (Å²) in [6.07, 6.45) is 0. The largest absolute Gasteiger partial charge is 0.458 e. The summed E-state index contributed by atoms with van der Waals surface area (Å²) in [5.41, 5.74) is 22.1. The molecule has 1 aliphatic carbocycles. The molecule has 0 saturated heterocycles. The molecular formula is C65H53BN2O2. The van der Waals surface area contributed by atoms with E-state index in [1.807, 2.05) is 0 Å². The van der Waals surface area contributed by atoms with E-state index in [-0.39, 0.29) is 23.0 Å². The second-order valence-corrected chi connectivity index (χ2v) is 22.5.